The zero-order chi connectivity index (χ0) is 19.4. The fraction of sp³-hybridized carbons (Fsp3) is 0.550. The molecule has 3 heterocycles. The summed E-state index contributed by atoms with van der Waals surface area (Å²) < 4.78 is 0. The van der Waals surface area contributed by atoms with Crippen molar-refractivity contribution in [1.29, 1.82) is 0 Å². The van der Waals surface area contributed by atoms with Crippen molar-refractivity contribution in [2.24, 2.45) is 11.5 Å². The van der Waals surface area contributed by atoms with Gasteiger partial charge in [-0.25, -0.2) is 0 Å². The average molecular weight is 372 g/mol. The molecule has 146 valence electrons. The van der Waals surface area contributed by atoms with Gasteiger partial charge in [0.25, 0.3) is 0 Å². The third-order valence-electron chi connectivity index (χ3n) is 5.51. The van der Waals surface area contributed by atoms with E-state index in [1.165, 1.54) is 5.56 Å². The van der Waals surface area contributed by atoms with E-state index in [0.717, 1.165) is 37.8 Å². The van der Waals surface area contributed by atoms with Crippen molar-refractivity contribution in [3.05, 3.63) is 29.8 Å². The molecule has 0 bridgehead atoms. The van der Waals surface area contributed by atoms with Gasteiger partial charge in [0, 0.05) is 18.7 Å². The van der Waals surface area contributed by atoms with E-state index in [2.05, 4.69) is 5.32 Å². The molecule has 3 aliphatic rings. The number of nitrogens with one attached hydrogen (secondary N) is 1. The summed E-state index contributed by atoms with van der Waals surface area (Å²) in [6, 6.07) is 6.83. The molecule has 1 aromatic carbocycles. The Balaban J connectivity index is 0.000000156. The van der Waals surface area contributed by atoms with Gasteiger partial charge in [-0.2, -0.15) is 0 Å². The summed E-state index contributed by atoms with van der Waals surface area (Å²) in [5.41, 5.74) is 13.4. The van der Waals surface area contributed by atoms with Crippen molar-refractivity contribution in [1.82, 2.24) is 4.90 Å². The Bertz CT molecular complexity index is 721. The minimum Gasteiger partial charge on any atom is -0.331 e. The second-order valence-electron chi connectivity index (χ2n) is 7.45. The molecule has 0 saturated carbocycles. The molecule has 3 atom stereocenters. The molecule has 5 N–H and O–H groups in total. The first-order valence-electron chi connectivity index (χ1n) is 9.70. The van der Waals surface area contributed by atoms with Crippen LogP contribution in [0.1, 0.15) is 44.1 Å². The van der Waals surface area contributed by atoms with Crippen molar-refractivity contribution in [2.45, 2.75) is 63.1 Å². The van der Waals surface area contributed by atoms with E-state index in [1.54, 1.807) is 4.90 Å². The molecule has 4 rings (SSSR count). The summed E-state index contributed by atoms with van der Waals surface area (Å²) >= 11 is 0. The Kier molecular flexibility index (Phi) is 6.23. The molecule has 0 aliphatic carbocycles. The van der Waals surface area contributed by atoms with Crippen LogP contribution >= 0.6 is 0 Å². The number of carbonyl (C=O) groups is 3. The van der Waals surface area contributed by atoms with Crippen molar-refractivity contribution in [2.75, 3.05) is 11.9 Å². The molecule has 1 aromatic rings. The van der Waals surface area contributed by atoms with E-state index in [1.807, 2.05) is 24.3 Å². The maximum Gasteiger partial charge on any atom is 0.241 e. The van der Waals surface area contributed by atoms with Gasteiger partial charge in [0.05, 0.1) is 18.1 Å². The summed E-state index contributed by atoms with van der Waals surface area (Å²) in [6.45, 7) is 0.711. The molecule has 7 nitrogen and oxygen atoms in total. The standard InChI is InChI=1S/C10H16N2O2.C10H12N2O/c11-7-4-5-9(13)8-3-1-2-6-12(8)10(7)14;11-8-6-5-7-3-1-2-4-9(7)12-10(8)13/h7-8H,1-6,11H2;1-4,8H,5-6,11H2,(H,12,13)/t7-,8+;8-/m00/s1. The van der Waals surface area contributed by atoms with Gasteiger partial charge in [-0.05, 0) is 50.2 Å². The maximum atomic E-state index is 11.8. The van der Waals surface area contributed by atoms with Gasteiger partial charge >= 0.3 is 0 Å². The van der Waals surface area contributed by atoms with Gasteiger partial charge in [-0.3, -0.25) is 14.4 Å². The number of anilines is 1. The van der Waals surface area contributed by atoms with Crippen LogP contribution in [0.5, 0.6) is 0 Å². The molecule has 27 heavy (non-hydrogen) atoms. The second kappa shape index (κ2) is 8.63. The second-order valence-corrected chi connectivity index (χ2v) is 7.45. The number of nitrogens with two attached hydrogens (primary N) is 2. The Labute approximate surface area is 159 Å². The number of benzene rings is 1. The Morgan fingerprint density at radius 2 is 1.67 bits per heavy atom. The van der Waals surface area contributed by atoms with Crippen LogP contribution in [0.2, 0.25) is 0 Å². The molecule has 2 amide bonds. The van der Waals surface area contributed by atoms with Crippen molar-refractivity contribution < 1.29 is 14.4 Å². The number of hydrogen-bond donors (Lipinski definition) is 3. The van der Waals surface area contributed by atoms with Gasteiger partial charge in [0.15, 0.2) is 5.78 Å². The predicted octanol–water partition coefficient (Wildman–Crippen LogP) is 0.956. The quantitative estimate of drug-likeness (QED) is 0.627. The number of fused-ring (bicyclic) bond motifs is 2. The number of nitrogens with zero attached hydrogens (tertiary/aromatic N) is 1. The summed E-state index contributed by atoms with van der Waals surface area (Å²) in [7, 11) is 0. The van der Waals surface area contributed by atoms with Gasteiger partial charge in [0.2, 0.25) is 11.8 Å². The van der Waals surface area contributed by atoms with Crippen LogP contribution in [0, 0.1) is 0 Å². The lowest BCUT2D eigenvalue weighted by Gasteiger charge is -2.33. The van der Waals surface area contributed by atoms with E-state index in [0.29, 0.717) is 19.4 Å². The number of rotatable bonds is 0. The van der Waals surface area contributed by atoms with Crippen molar-refractivity contribution in [3.63, 3.8) is 0 Å². The number of para-hydroxylation sites is 1. The van der Waals surface area contributed by atoms with Crippen molar-refractivity contribution >= 4 is 23.3 Å². The van der Waals surface area contributed by atoms with E-state index < -0.39 is 6.04 Å². The molecule has 0 aromatic heterocycles. The van der Waals surface area contributed by atoms with E-state index in [9.17, 15) is 14.4 Å². The highest BCUT2D eigenvalue weighted by atomic mass is 16.2. The van der Waals surface area contributed by atoms with E-state index in [4.69, 9.17) is 11.5 Å². The molecule has 0 spiro atoms. The highest BCUT2D eigenvalue weighted by Gasteiger charge is 2.37. The summed E-state index contributed by atoms with van der Waals surface area (Å²) in [6.07, 6.45) is 5.46. The van der Waals surface area contributed by atoms with Gasteiger partial charge in [-0.1, -0.05) is 18.2 Å². The lowest BCUT2D eigenvalue weighted by molar-refractivity contribution is -0.139. The monoisotopic (exact) mass is 372 g/mol. The zero-order valence-electron chi connectivity index (χ0n) is 15.5. The Hall–Kier alpha value is -2.25. The molecule has 0 unspecified atom stereocenters. The molecular weight excluding hydrogens is 344 g/mol. The SMILES string of the molecule is N[C@H]1CCC(=O)[C@H]2CCCCN2C1=O.N[C@H]1CCc2ccccc2NC1=O. The van der Waals surface area contributed by atoms with Crippen LogP contribution in [0.15, 0.2) is 24.3 Å². The number of ketones is 1. The van der Waals surface area contributed by atoms with Gasteiger partial charge < -0.3 is 21.7 Å². The summed E-state index contributed by atoms with van der Waals surface area (Å²) in [5.74, 6) is 0.0940. The lowest BCUT2D eigenvalue weighted by atomic mass is 9.98. The third-order valence-corrected chi connectivity index (χ3v) is 5.51. The third kappa shape index (κ3) is 4.54. The largest absolute Gasteiger partial charge is 0.331 e. The van der Waals surface area contributed by atoms with Crippen LogP contribution in [-0.4, -0.2) is 47.2 Å². The minimum absolute atomic E-state index is 0.0273. The highest BCUT2D eigenvalue weighted by molar-refractivity contribution is 5.96. The summed E-state index contributed by atoms with van der Waals surface area (Å²) in [5, 5.41) is 2.81. The molecule has 0 radical (unpaired) electrons. The first-order chi connectivity index (χ1) is 13.0. The van der Waals surface area contributed by atoms with Crippen LogP contribution < -0.4 is 16.8 Å². The number of aryl methyl sites for hydroxylation is 1. The first-order valence-corrected chi connectivity index (χ1v) is 9.70. The van der Waals surface area contributed by atoms with Crippen LogP contribution in [0.3, 0.4) is 0 Å². The fourth-order valence-corrected chi connectivity index (χ4v) is 3.86. The zero-order valence-corrected chi connectivity index (χ0v) is 15.5. The molecule has 2 fully saturated rings. The van der Waals surface area contributed by atoms with Gasteiger partial charge in [-0.15, -0.1) is 0 Å². The smallest absolute Gasteiger partial charge is 0.241 e. The van der Waals surface area contributed by atoms with E-state index in [-0.39, 0.29) is 29.7 Å². The highest BCUT2D eigenvalue weighted by Crippen LogP contribution is 2.23. The topological polar surface area (TPSA) is 119 Å². The average Bonchev–Trinajstić information content (AvgIpc) is 2.90. The Morgan fingerprint density at radius 1 is 0.926 bits per heavy atom. The van der Waals surface area contributed by atoms with Crippen LogP contribution in [0.25, 0.3) is 0 Å². The maximum absolute atomic E-state index is 11.8. The lowest BCUT2D eigenvalue weighted by Crippen LogP contribution is -2.50. The fourth-order valence-electron chi connectivity index (χ4n) is 3.86. The van der Waals surface area contributed by atoms with Crippen LogP contribution in [0.4, 0.5) is 5.69 Å². The Morgan fingerprint density at radius 3 is 2.48 bits per heavy atom. The predicted molar refractivity (Wildman–Crippen MR) is 103 cm³/mol. The molecule has 7 heteroatoms. The minimum atomic E-state index is -0.456. The molecule has 3 aliphatic heterocycles. The van der Waals surface area contributed by atoms with Crippen molar-refractivity contribution in [3.8, 4) is 0 Å². The first kappa shape index (κ1) is 19.5. The molecular formula is C20H28N4O3. The number of carbonyl (C=O) groups excluding carboxylic acids is 3. The normalized spacial score (nSPS) is 28.0. The number of Topliss-reactive ketones (excluding diaryl/α,β-unsaturated/α-hetero) is 1. The molecule has 2 saturated heterocycles. The van der Waals surface area contributed by atoms with Gasteiger partial charge in [0.1, 0.15) is 0 Å². The number of piperidine rings is 1. The summed E-state index contributed by atoms with van der Waals surface area (Å²) in [4.78, 5) is 36.5. The van der Waals surface area contributed by atoms with Crippen LogP contribution in [-0.2, 0) is 20.8 Å². The number of hydrogen-bond acceptors (Lipinski definition) is 5. The number of amides is 2. The van der Waals surface area contributed by atoms with E-state index >= 15 is 0 Å².